The van der Waals surface area contributed by atoms with Gasteiger partial charge in [-0.1, -0.05) is 0 Å². The fraction of sp³-hybridized carbons (Fsp3) is 0.583. The van der Waals surface area contributed by atoms with Crippen LogP contribution in [0.4, 0.5) is 0 Å². The molecule has 2 N–H and O–H groups in total. The largest absolute Gasteiger partial charge is 0.466 e. The summed E-state index contributed by atoms with van der Waals surface area (Å²) >= 11 is 1.71. The molecule has 1 aromatic rings. The Hall–Kier alpha value is -0.870. The molecular formula is C12H19NO2S. The van der Waals surface area contributed by atoms with Gasteiger partial charge in [0.1, 0.15) is 0 Å². The molecule has 1 atom stereocenters. The van der Waals surface area contributed by atoms with Gasteiger partial charge >= 0.3 is 5.97 Å². The summed E-state index contributed by atoms with van der Waals surface area (Å²) in [6.07, 6.45) is 1.05. The number of hydrogen-bond acceptors (Lipinski definition) is 4. The highest BCUT2D eigenvalue weighted by atomic mass is 32.1. The molecule has 0 spiro atoms. The zero-order valence-corrected chi connectivity index (χ0v) is 10.9. The first-order valence-corrected chi connectivity index (χ1v) is 6.34. The van der Waals surface area contributed by atoms with Crippen LogP contribution in [-0.4, -0.2) is 12.6 Å². The summed E-state index contributed by atoms with van der Waals surface area (Å²) in [6, 6.07) is 2.08. The number of ether oxygens (including phenoxy) is 1. The van der Waals surface area contributed by atoms with Gasteiger partial charge in [0, 0.05) is 22.2 Å². The van der Waals surface area contributed by atoms with Crippen molar-refractivity contribution in [3.8, 4) is 0 Å². The SMILES string of the molecule is CCOC(=O)CCC(N)c1sc(C)cc1C. The minimum atomic E-state index is -0.163. The van der Waals surface area contributed by atoms with E-state index in [9.17, 15) is 4.79 Å². The van der Waals surface area contributed by atoms with E-state index in [1.165, 1.54) is 15.3 Å². The van der Waals surface area contributed by atoms with E-state index in [0.717, 1.165) is 0 Å². The Kier molecular flexibility index (Phi) is 4.96. The molecule has 0 aliphatic heterocycles. The van der Waals surface area contributed by atoms with E-state index in [1.54, 1.807) is 11.3 Å². The summed E-state index contributed by atoms with van der Waals surface area (Å²) in [4.78, 5) is 13.6. The van der Waals surface area contributed by atoms with Gasteiger partial charge in [0.05, 0.1) is 6.61 Å². The summed E-state index contributed by atoms with van der Waals surface area (Å²) < 4.78 is 4.87. The molecule has 0 aliphatic rings. The van der Waals surface area contributed by atoms with Gasteiger partial charge in [0.2, 0.25) is 0 Å². The van der Waals surface area contributed by atoms with Crippen molar-refractivity contribution < 1.29 is 9.53 Å². The number of thiophene rings is 1. The highest BCUT2D eigenvalue weighted by molar-refractivity contribution is 7.12. The second-order valence-electron chi connectivity index (χ2n) is 3.85. The quantitative estimate of drug-likeness (QED) is 0.806. The molecule has 0 saturated carbocycles. The van der Waals surface area contributed by atoms with Crippen LogP contribution in [-0.2, 0) is 9.53 Å². The van der Waals surface area contributed by atoms with Gasteiger partial charge < -0.3 is 10.5 Å². The minimum absolute atomic E-state index is 0.0527. The molecule has 90 valence electrons. The van der Waals surface area contributed by atoms with Crippen LogP contribution in [0.3, 0.4) is 0 Å². The van der Waals surface area contributed by atoms with Crippen molar-refractivity contribution in [2.24, 2.45) is 5.73 Å². The lowest BCUT2D eigenvalue weighted by Crippen LogP contribution is -2.13. The maximum Gasteiger partial charge on any atom is 0.305 e. The Morgan fingerprint density at radius 1 is 1.56 bits per heavy atom. The molecule has 0 bridgehead atoms. The Bertz CT molecular complexity index is 360. The molecule has 1 unspecified atom stereocenters. The second kappa shape index (κ2) is 6.01. The molecule has 1 heterocycles. The molecule has 0 aromatic carbocycles. The lowest BCUT2D eigenvalue weighted by atomic mass is 10.1. The summed E-state index contributed by atoms with van der Waals surface area (Å²) in [6.45, 7) is 6.37. The summed E-state index contributed by atoms with van der Waals surface area (Å²) in [5.74, 6) is -0.163. The number of hydrogen-bond donors (Lipinski definition) is 1. The Morgan fingerprint density at radius 2 is 2.25 bits per heavy atom. The average molecular weight is 241 g/mol. The zero-order chi connectivity index (χ0) is 12.1. The van der Waals surface area contributed by atoms with Gasteiger partial charge in [-0.15, -0.1) is 11.3 Å². The molecule has 3 nitrogen and oxygen atoms in total. The van der Waals surface area contributed by atoms with Gasteiger partial charge in [-0.2, -0.15) is 0 Å². The van der Waals surface area contributed by atoms with Gasteiger partial charge in [0.15, 0.2) is 0 Å². The molecule has 0 aliphatic carbocycles. The molecule has 1 aromatic heterocycles. The van der Waals surface area contributed by atoms with Gasteiger partial charge in [-0.25, -0.2) is 0 Å². The molecule has 0 amide bonds. The van der Waals surface area contributed by atoms with Crippen molar-refractivity contribution >= 4 is 17.3 Å². The predicted octanol–water partition coefficient (Wildman–Crippen LogP) is 2.71. The van der Waals surface area contributed by atoms with Gasteiger partial charge in [-0.05, 0) is 38.8 Å². The lowest BCUT2D eigenvalue weighted by Gasteiger charge is -2.10. The van der Waals surface area contributed by atoms with Crippen molar-refractivity contribution in [1.29, 1.82) is 0 Å². The second-order valence-corrected chi connectivity index (χ2v) is 5.14. The topological polar surface area (TPSA) is 52.3 Å². The van der Waals surface area contributed by atoms with Crippen LogP contribution in [0.1, 0.15) is 41.1 Å². The molecule has 16 heavy (non-hydrogen) atoms. The van der Waals surface area contributed by atoms with Crippen LogP contribution in [0.2, 0.25) is 0 Å². The standard InChI is InChI=1S/C12H19NO2S/c1-4-15-11(14)6-5-10(13)12-8(2)7-9(3)16-12/h7,10H,4-6,13H2,1-3H3. The van der Waals surface area contributed by atoms with E-state index in [0.29, 0.717) is 19.4 Å². The first-order valence-electron chi connectivity index (χ1n) is 5.52. The van der Waals surface area contributed by atoms with Crippen LogP contribution in [0, 0.1) is 13.8 Å². The number of carbonyl (C=O) groups excluding carboxylic acids is 1. The molecule has 0 saturated heterocycles. The molecule has 0 radical (unpaired) electrons. The van der Waals surface area contributed by atoms with Crippen molar-refractivity contribution in [3.05, 3.63) is 21.4 Å². The highest BCUT2D eigenvalue weighted by Crippen LogP contribution is 2.28. The Balaban J connectivity index is 2.49. The average Bonchev–Trinajstić information content (AvgIpc) is 2.55. The van der Waals surface area contributed by atoms with Crippen molar-refractivity contribution in [2.45, 2.75) is 39.7 Å². The number of rotatable bonds is 5. The Labute approximate surface area is 101 Å². The lowest BCUT2D eigenvalue weighted by molar-refractivity contribution is -0.143. The fourth-order valence-electron chi connectivity index (χ4n) is 1.67. The van der Waals surface area contributed by atoms with Crippen LogP contribution in [0.25, 0.3) is 0 Å². The molecule has 4 heteroatoms. The van der Waals surface area contributed by atoms with Gasteiger partial charge in [-0.3, -0.25) is 4.79 Å². The molecule has 1 rings (SSSR count). The van der Waals surface area contributed by atoms with E-state index in [1.807, 2.05) is 6.92 Å². The van der Waals surface area contributed by atoms with Crippen molar-refractivity contribution in [1.82, 2.24) is 0 Å². The first-order chi connectivity index (χ1) is 7.54. The van der Waals surface area contributed by atoms with E-state index < -0.39 is 0 Å². The van der Waals surface area contributed by atoms with E-state index in [2.05, 4.69) is 19.9 Å². The van der Waals surface area contributed by atoms with E-state index >= 15 is 0 Å². The van der Waals surface area contributed by atoms with Gasteiger partial charge in [0.25, 0.3) is 0 Å². The minimum Gasteiger partial charge on any atom is -0.466 e. The number of esters is 1. The van der Waals surface area contributed by atoms with Crippen LogP contribution >= 0.6 is 11.3 Å². The smallest absolute Gasteiger partial charge is 0.305 e. The zero-order valence-electron chi connectivity index (χ0n) is 10.1. The maximum atomic E-state index is 11.2. The summed E-state index contributed by atoms with van der Waals surface area (Å²) in [5, 5.41) is 0. The summed E-state index contributed by atoms with van der Waals surface area (Å²) in [7, 11) is 0. The monoisotopic (exact) mass is 241 g/mol. The van der Waals surface area contributed by atoms with E-state index in [4.69, 9.17) is 10.5 Å². The third-order valence-corrected chi connectivity index (χ3v) is 3.67. The third-order valence-electron chi connectivity index (χ3n) is 2.38. The maximum absolute atomic E-state index is 11.2. The van der Waals surface area contributed by atoms with E-state index in [-0.39, 0.29) is 12.0 Å². The van der Waals surface area contributed by atoms with Crippen molar-refractivity contribution in [2.75, 3.05) is 6.61 Å². The van der Waals surface area contributed by atoms with Crippen LogP contribution in [0.5, 0.6) is 0 Å². The van der Waals surface area contributed by atoms with Crippen molar-refractivity contribution in [3.63, 3.8) is 0 Å². The normalized spacial score (nSPS) is 12.5. The third kappa shape index (κ3) is 3.61. The number of carbonyl (C=O) groups is 1. The number of aryl methyl sites for hydroxylation is 2. The molecular weight excluding hydrogens is 222 g/mol. The first kappa shape index (κ1) is 13.2. The number of nitrogens with two attached hydrogens (primary N) is 1. The fourth-order valence-corrected chi connectivity index (χ4v) is 2.74. The predicted molar refractivity (Wildman–Crippen MR) is 66.6 cm³/mol. The van der Waals surface area contributed by atoms with Crippen LogP contribution < -0.4 is 5.73 Å². The Morgan fingerprint density at radius 3 is 2.75 bits per heavy atom. The highest BCUT2D eigenvalue weighted by Gasteiger charge is 2.14. The van der Waals surface area contributed by atoms with Crippen LogP contribution in [0.15, 0.2) is 6.07 Å². The summed E-state index contributed by atoms with van der Waals surface area (Å²) in [5.41, 5.74) is 7.28. The molecule has 0 fully saturated rings.